The average Bonchev–Trinajstić information content (AvgIpc) is 2.76. The van der Waals surface area contributed by atoms with Gasteiger partial charge >= 0.3 is 6.09 Å². The highest BCUT2D eigenvalue weighted by Crippen LogP contribution is 2.12. The third kappa shape index (κ3) is 7.36. The molecule has 0 fully saturated rings. The number of sulfonamides is 1. The van der Waals surface area contributed by atoms with E-state index in [1.54, 1.807) is 42.5 Å². The molecule has 0 heterocycles. The van der Waals surface area contributed by atoms with Gasteiger partial charge in [-0.3, -0.25) is 10.1 Å². The van der Waals surface area contributed by atoms with Crippen LogP contribution in [-0.2, 0) is 26.1 Å². The number of methoxy groups -OCH3 is 1. The molecule has 2 aromatic rings. The smallest absolute Gasteiger partial charge is 0.411 e. The molecular formula is C20H25N3O5S2. The second kappa shape index (κ2) is 11.6. The van der Waals surface area contributed by atoms with Gasteiger partial charge in [-0.15, -0.1) is 0 Å². The molecule has 2 aromatic carbocycles. The highest BCUT2D eigenvalue weighted by Gasteiger charge is 2.25. The van der Waals surface area contributed by atoms with Gasteiger partial charge in [-0.1, -0.05) is 30.3 Å². The molecule has 1 unspecified atom stereocenters. The Balaban J connectivity index is 2.00. The number of carbonyl (C=O) groups is 2. The van der Waals surface area contributed by atoms with Crippen LogP contribution in [0.15, 0.2) is 59.5 Å². The lowest BCUT2D eigenvalue weighted by Gasteiger charge is -2.18. The van der Waals surface area contributed by atoms with Crippen LogP contribution in [0, 0.1) is 0 Å². The first-order chi connectivity index (χ1) is 14.4. The highest BCUT2D eigenvalue weighted by molar-refractivity contribution is 7.98. The molecule has 0 bridgehead atoms. The minimum Gasteiger partial charge on any atom is -0.453 e. The van der Waals surface area contributed by atoms with Crippen molar-refractivity contribution in [3.63, 3.8) is 0 Å². The number of rotatable bonds is 10. The highest BCUT2D eigenvalue weighted by atomic mass is 32.2. The summed E-state index contributed by atoms with van der Waals surface area (Å²) in [6, 6.07) is 13.9. The summed E-state index contributed by atoms with van der Waals surface area (Å²) in [4.78, 5) is 24.0. The monoisotopic (exact) mass is 451 g/mol. The first kappa shape index (κ1) is 23.7. The minimum atomic E-state index is -3.81. The minimum absolute atomic E-state index is 0.112. The fourth-order valence-electron chi connectivity index (χ4n) is 2.52. The molecule has 0 aliphatic carbocycles. The van der Waals surface area contributed by atoms with Crippen LogP contribution < -0.4 is 15.4 Å². The maximum absolute atomic E-state index is 12.7. The Morgan fingerprint density at radius 1 is 1.07 bits per heavy atom. The summed E-state index contributed by atoms with van der Waals surface area (Å²) < 4.78 is 32.2. The summed E-state index contributed by atoms with van der Waals surface area (Å²) in [7, 11) is -2.53. The van der Waals surface area contributed by atoms with Crippen molar-refractivity contribution in [2.75, 3.05) is 24.4 Å². The van der Waals surface area contributed by atoms with Crippen LogP contribution >= 0.6 is 11.8 Å². The molecule has 1 atom stereocenters. The second-order valence-electron chi connectivity index (χ2n) is 6.30. The molecule has 3 N–H and O–H groups in total. The Morgan fingerprint density at radius 3 is 2.33 bits per heavy atom. The maximum atomic E-state index is 12.7. The van der Waals surface area contributed by atoms with E-state index in [4.69, 9.17) is 0 Å². The van der Waals surface area contributed by atoms with Gasteiger partial charge in [0.25, 0.3) is 0 Å². The summed E-state index contributed by atoms with van der Waals surface area (Å²) >= 11 is 1.53. The van der Waals surface area contributed by atoms with E-state index in [9.17, 15) is 18.0 Å². The summed E-state index contributed by atoms with van der Waals surface area (Å²) in [5.41, 5.74) is 1.36. The largest absolute Gasteiger partial charge is 0.453 e. The summed E-state index contributed by atoms with van der Waals surface area (Å²) in [6.45, 7) is 0.222. The van der Waals surface area contributed by atoms with Gasteiger partial charge in [0.1, 0.15) is 6.04 Å². The van der Waals surface area contributed by atoms with Crippen LogP contribution in [0.3, 0.4) is 0 Å². The molecule has 0 spiro atoms. The molecular weight excluding hydrogens is 426 g/mol. The third-order valence-corrected chi connectivity index (χ3v) is 6.26. The Kier molecular flexibility index (Phi) is 9.15. The van der Waals surface area contributed by atoms with E-state index in [0.29, 0.717) is 17.9 Å². The van der Waals surface area contributed by atoms with E-state index in [2.05, 4.69) is 20.1 Å². The lowest BCUT2D eigenvalue weighted by molar-refractivity contribution is -0.122. The van der Waals surface area contributed by atoms with Crippen molar-refractivity contribution >= 4 is 39.5 Å². The molecule has 2 amide bonds. The molecule has 2 rings (SSSR count). The quantitative estimate of drug-likeness (QED) is 0.512. The lowest BCUT2D eigenvalue weighted by atomic mass is 10.2. The van der Waals surface area contributed by atoms with E-state index in [-0.39, 0.29) is 11.4 Å². The lowest BCUT2D eigenvalue weighted by Crippen LogP contribution is -2.46. The van der Waals surface area contributed by atoms with Crippen molar-refractivity contribution in [1.82, 2.24) is 10.0 Å². The van der Waals surface area contributed by atoms with Gasteiger partial charge < -0.3 is 10.1 Å². The van der Waals surface area contributed by atoms with Crippen LogP contribution in [0.4, 0.5) is 10.5 Å². The number of anilines is 1. The first-order valence-corrected chi connectivity index (χ1v) is 12.0. The molecule has 0 aliphatic rings. The van der Waals surface area contributed by atoms with E-state index in [1.165, 1.54) is 31.0 Å². The molecule has 0 saturated heterocycles. The Hall–Kier alpha value is -2.56. The summed E-state index contributed by atoms with van der Waals surface area (Å²) in [5, 5.41) is 5.31. The van der Waals surface area contributed by atoms with E-state index in [0.717, 1.165) is 5.56 Å². The molecule has 162 valence electrons. The number of carbonyl (C=O) groups excluding carboxylic acids is 2. The van der Waals surface area contributed by atoms with E-state index < -0.39 is 28.1 Å². The summed E-state index contributed by atoms with van der Waals surface area (Å²) in [6.07, 6.45) is 1.68. The second-order valence-corrected chi connectivity index (χ2v) is 9.00. The third-order valence-electron chi connectivity index (χ3n) is 4.13. The van der Waals surface area contributed by atoms with Gasteiger partial charge in [-0.05, 0) is 48.3 Å². The maximum Gasteiger partial charge on any atom is 0.411 e. The van der Waals surface area contributed by atoms with Crippen LogP contribution in [0.2, 0.25) is 0 Å². The molecule has 30 heavy (non-hydrogen) atoms. The predicted octanol–water partition coefficient (Wildman–Crippen LogP) is 2.58. The molecule has 0 aromatic heterocycles. The predicted molar refractivity (Wildman–Crippen MR) is 118 cm³/mol. The zero-order chi connectivity index (χ0) is 22.0. The standard InChI is InChI=1S/C20H25N3O5S2/c1-28-20(25)22-16-10-8-15(9-11-16)14-21-19(24)18(12-13-29-2)23-30(26,27)17-6-4-3-5-7-17/h3-11,18,23H,12-14H2,1-2H3,(H,21,24)(H,22,25). The number of hydrogen-bond donors (Lipinski definition) is 3. The van der Waals surface area contributed by atoms with Crippen molar-refractivity contribution in [3.8, 4) is 0 Å². The van der Waals surface area contributed by atoms with Crippen molar-refractivity contribution in [2.45, 2.75) is 23.9 Å². The normalized spacial score (nSPS) is 12.1. The first-order valence-electron chi connectivity index (χ1n) is 9.13. The van der Waals surface area contributed by atoms with E-state index >= 15 is 0 Å². The molecule has 0 saturated carbocycles. The van der Waals surface area contributed by atoms with Gasteiger partial charge in [0, 0.05) is 12.2 Å². The number of amides is 2. The zero-order valence-electron chi connectivity index (χ0n) is 16.8. The van der Waals surface area contributed by atoms with Crippen molar-refractivity contribution < 1.29 is 22.7 Å². The molecule has 0 radical (unpaired) electrons. The van der Waals surface area contributed by atoms with Crippen LogP contribution in [0.1, 0.15) is 12.0 Å². The SMILES string of the molecule is COC(=O)Nc1ccc(CNC(=O)C(CCSC)NS(=O)(=O)c2ccccc2)cc1. The van der Waals surface area contributed by atoms with Crippen molar-refractivity contribution in [3.05, 3.63) is 60.2 Å². The molecule has 8 nitrogen and oxygen atoms in total. The Labute approximate surface area is 180 Å². The molecule has 0 aliphatic heterocycles. The van der Waals surface area contributed by atoms with Gasteiger partial charge in [-0.25, -0.2) is 13.2 Å². The van der Waals surface area contributed by atoms with Crippen LogP contribution in [0.25, 0.3) is 0 Å². The van der Waals surface area contributed by atoms with Gasteiger partial charge in [-0.2, -0.15) is 16.5 Å². The van der Waals surface area contributed by atoms with Crippen LogP contribution in [-0.4, -0.2) is 45.6 Å². The van der Waals surface area contributed by atoms with Crippen LogP contribution in [0.5, 0.6) is 0 Å². The topological polar surface area (TPSA) is 114 Å². The van der Waals surface area contributed by atoms with Crippen molar-refractivity contribution in [2.24, 2.45) is 0 Å². The number of nitrogens with one attached hydrogen (secondary N) is 3. The Morgan fingerprint density at radius 2 is 1.73 bits per heavy atom. The fourth-order valence-corrected chi connectivity index (χ4v) is 4.24. The Bertz CT molecular complexity index is 935. The van der Waals surface area contributed by atoms with Gasteiger partial charge in [0.15, 0.2) is 0 Å². The number of ether oxygens (including phenoxy) is 1. The fraction of sp³-hybridized carbons (Fsp3) is 0.300. The van der Waals surface area contributed by atoms with Gasteiger partial charge in [0.05, 0.1) is 12.0 Å². The van der Waals surface area contributed by atoms with Crippen molar-refractivity contribution in [1.29, 1.82) is 0 Å². The zero-order valence-corrected chi connectivity index (χ0v) is 18.4. The molecule has 10 heteroatoms. The summed E-state index contributed by atoms with van der Waals surface area (Å²) in [5.74, 6) is 0.226. The van der Waals surface area contributed by atoms with Gasteiger partial charge in [0.2, 0.25) is 15.9 Å². The number of thioether (sulfide) groups is 1. The van der Waals surface area contributed by atoms with E-state index in [1.807, 2.05) is 6.26 Å². The average molecular weight is 452 g/mol. The number of hydrogen-bond acceptors (Lipinski definition) is 6. The number of benzene rings is 2.